The van der Waals surface area contributed by atoms with E-state index in [0.717, 1.165) is 11.1 Å². The summed E-state index contributed by atoms with van der Waals surface area (Å²) in [5.41, 5.74) is 4.33. The first-order chi connectivity index (χ1) is 9.51. The molecule has 0 saturated heterocycles. The third-order valence-electron chi connectivity index (χ3n) is 3.11. The largest absolute Gasteiger partial charge is 0.487 e. The van der Waals surface area contributed by atoms with Gasteiger partial charge in [0.1, 0.15) is 12.4 Å². The van der Waals surface area contributed by atoms with Gasteiger partial charge in [0.15, 0.2) is 0 Å². The Morgan fingerprint density at radius 2 is 1.75 bits per heavy atom. The first-order valence-corrected chi connectivity index (χ1v) is 7.53. The highest BCUT2D eigenvalue weighted by Crippen LogP contribution is 2.34. The number of hydrogen-bond donors (Lipinski definition) is 0. The summed E-state index contributed by atoms with van der Waals surface area (Å²) >= 11 is 18.1. The predicted molar refractivity (Wildman–Crippen MR) is 86.3 cm³/mol. The van der Waals surface area contributed by atoms with Crippen LogP contribution in [0.15, 0.2) is 30.3 Å². The topological polar surface area (TPSA) is 9.23 Å². The molecule has 0 amide bonds. The van der Waals surface area contributed by atoms with Gasteiger partial charge in [-0.2, -0.15) is 0 Å². The Bertz CT molecular complexity index is 623. The lowest BCUT2D eigenvalue weighted by atomic mass is 10.1. The molecule has 0 bridgehead atoms. The van der Waals surface area contributed by atoms with Crippen LogP contribution in [-0.2, 0) is 12.5 Å². The summed E-state index contributed by atoms with van der Waals surface area (Å²) in [5.74, 6) is 0.912. The van der Waals surface area contributed by atoms with Gasteiger partial charge in [-0.25, -0.2) is 0 Å². The van der Waals surface area contributed by atoms with Gasteiger partial charge in [0.2, 0.25) is 0 Å². The lowest BCUT2D eigenvalue weighted by Crippen LogP contribution is -2.01. The molecule has 0 aliphatic rings. The Hall–Kier alpha value is -0.890. The molecule has 0 fully saturated rings. The van der Waals surface area contributed by atoms with Gasteiger partial charge in [-0.1, -0.05) is 47.0 Å². The molecule has 0 N–H and O–H groups in total. The molecule has 2 rings (SSSR count). The van der Waals surface area contributed by atoms with Gasteiger partial charge in [-0.05, 0) is 37.1 Å². The molecule has 4 heteroatoms. The van der Waals surface area contributed by atoms with E-state index in [1.165, 1.54) is 11.1 Å². The molecule has 1 nitrogen and oxygen atoms in total. The number of ether oxygens (including phenoxy) is 1. The maximum Gasteiger partial charge on any atom is 0.142 e. The molecular weight excluding hydrogens is 315 g/mol. The van der Waals surface area contributed by atoms with Gasteiger partial charge >= 0.3 is 0 Å². The molecule has 106 valence electrons. The zero-order chi connectivity index (χ0) is 14.7. The number of hydrogen-bond acceptors (Lipinski definition) is 1. The molecule has 0 aliphatic heterocycles. The van der Waals surface area contributed by atoms with E-state index in [1.807, 2.05) is 0 Å². The highest BCUT2D eigenvalue weighted by atomic mass is 35.5. The van der Waals surface area contributed by atoms with E-state index in [0.29, 0.717) is 28.3 Å². The van der Waals surface area contributed by atoms with Crippen molar-refractivity contribution in [1.29, 1.82) is 0 Å². The number of alkyl halides is 1. The van der Waals surface area contributed by atoms with Crippen LogP contribution in [0.3, 0.4) is 0 Å². The Kier molecular flexibility index (Phi) is 5.20. The minimum Gasteiger partial charge on any atom is -0.487 e. The van der Waals surface area contributed by atoms with Crippen molar-refractivity contribution < 1.29 is 4.74 Å². The average Bonchev–Trinajstić information content (AvgIpc) is 2.40. The fourth-order valence-electron chi connectivity index (χ4n) is 1.98. The van der Waals surface area contributed by atoms with E-state index < -0.39 is 0 Å². The molecule has 20 heavy (non-hydrogen) atoms. The monoisotopic (exact) mass is 328 g/mol. The maximum atomic E-state index is 6.18. The smallest absolute Gasteiger partial charge is 0.142 e. The summed E-state index contributed by atoms with van der Waals surface area (Å²) in [5, 5.41) is 1.04. The fraction of sp³-hybridized carbons (Fsp3) is 0.250. The van der Waals surface area contributed by atoms with E-state index >= 15 is 0 Å². The van der Waals surface area contributed by atoms with E-state index in [4.69, 9.17) is 39.5 Å². The van der Waals surface area contributed by atoms with E-state index in [9.17, 15) is 0 Å². The molecule has 0 heterocycles. The van der Waals surface area contributed by atoms with Crippen LogP contribution in [0.4, 0.5) is 0 Å². The summed E-state index contributed by atoms with van der Waals surface area (Å²) in [6.07, 6.45) is 0. The zero-order valence-electron chi connectivity index (χ0n) is 11.3. The van der Waals surface area contributed by atoms with Crippen molar-refractivity contribution in [1.82, 2.24) is 0 Å². The second-order valence-corrected chi connectivity index (χ2v) is 5.84. The highest BCUT2D eigenvalue weighted by Gasteiger charge is 2.11. The molecule has 0 radical (unpaired) electrons. The van der Waals surface area contributed by atoms with Gasteiger partial charge in [0.05, 0.1) is 10.9 Å². The lowest BCUT2D eigenvalue weighted by Gasteiger charge is -2.14. The van der Waals surface area contributed by atoms with Crippen molar-refractivity contribution in [2.75, 3.05) is 0 Å². The van der Waals surface area contributed by atoms with Gasteiger partial charge in [0, 0.05) is 10.6 Å². The summed E-state index contributed by atoms with van der Waals surface area (Å²) < 4.78 is 5.86. The minimum absolute atomic E-state index is 0.308. The molecule has 2 aromatic rings. The number of benzene rings is 2. The van der Waals surface area contributed by atoms with Crippen molar-refractivity contribution in [3.05, 3.63) is 62.6 Å². The van der Waals surface area contributed by atoms with Gasteiger partial charge in [-0.15, -0.1) is 11.6 Å². The van der Waals surface area contributed by atoms with Crippen molar-refractivity contribution in [3.8, 4) is 5.75 Å². The van der Waals surface area contributed by atoms with Crippen LogP contribution in [0.25, 0.3) is 0 Å². The van der Waals surface area contributed by atoms with Crippen LogP contribution in [0.5, 0.6) is 5.75 Å². The fourth-order valence-corrected chi connectivity index (χ4v) is 2.77. The predicted octanol–water partition coefficient (Wildman–Crippen LogP) is 5.93. The maximum absolute atomic E-state index is 6.18. The van der Waals surface area contributed by atoms with Crippen LogP contribution in [0, 0.1) is 13.8 Å². The summed E-state index contributed by atoms with van der Waals surface area (Å²) in [7, 11) is 0. The number of halogens is 3. The van der Waals surface area contributed by atoms with Crippen LogP contribution in [-0.4, -0.2) is 0 Å². The Morgan fingerprint density at radius 1 is 1.00 bits per heavy atom. The summed E-state index contributed by atoms with van der Waals surface area (Å²) in [6, 6.07) is 9.72. The van der Waals surface area contributed by atoms with Crippen LogP contribution < -0.4 is 4.74 Å². The average molecular weight is 330 g/mol. The Labute approximate surface area is 134 Å². The molecule has 2 aromatic carbocycles. The van der Waals surface area contributed by atoms with E-state index in [1.54, 1.807) is 12.1 Å². The standard InChI is InChI=1S/C16H15Cl3O/c1-10-3-4-11(2)13(5-10)9-20-16-12(8-17)6-14(18)7-15(16)19/h3-7H,8-9H2,1-2H3. The Morgan fingerprint density at radius 3 is 2.45 bits per heavy atom. The first kappa shape index (κ1) is 15.5. The number of rotatable bonds is 4. The third kappa shape index (κ3) is 3.60. The van der Waals surface area contributed by atoms with Crippen molar-refractivity contribution >= 4 is 34.8 Å². The van der Waals surface area contributed by atoms with E-state index in [2.05, 4.69) is 32.0 Å². The van der Waals surface area contributed by atoms with Gasteiger partial charge in [-0.3, -0.25) is 0 Å². The number of aryl methyl sites for hydroxylation is 2. The van der Waals surface area contributed by atoms with Crippen molar-refractivity contribution in [2.45, 2.75) is 26.3 Å². The second-order valence-electron chi connectivity index (χ2n) is 4.73. The molecule has 0 atom stereocenters. The quantitative estimate of drug-likeness (QED) is 0.632. The molecule has 0 spiro atoms. The van der Waals surface area contributed by atoms with Crippen LogP contribution in [0.1, 0.15) is 22.3 Å². The van der Waals surface area contributed by atoms with Gasteiger partial charge < -0.3 is 4.74 Å². The van der Waals surface area contributed by atoms with Crippen molar-refractivity contribution in [2.24, 2.45) is 0 Å². The van der Waals surface area contributed by atoms with E-state index in [-0.39, 0.29) is 0 Å². The zero-order valence-corrected chi connectivity index (χ0v) is 13.6. The molecule has 0 aromatic heterocycles. The molecule has 0 saturated carbocycles. The van der Waals surface area contributed by atoms with Crippen LogP contribution in [0.2, 0.25) is 10.0 Å². The molecular formula is C16H15Cl3O. The van der Waals surface area contributed by atoms with Gasteiger partial charge in [0.25, 0.3) is 0 Å². The SMILES string of the molecule is Cc1ccc(C)c(COc2c(Cl)cc(Cl)cc2CCl)c1. The Balaban J connectivity index is 2.25. The first-order valence-electron chi connectivity index (χ1n) is 6.24. The van der Waals surface area contributed by atoms with Crippen molar-refractivity contribution in [3.63, 3.8) is 0 Å². The highest BCUT2D eigenvalue weighted by molar-refractivity contribution is 6.36. The summed E-state index contributed by atoms with van der Waals surface area (Å²) in [4.78, 5) is 0. The van der Waals surface area contributed by atoms with Crippen LogP contribution >= 0.6 is 34.8 Å². The lowest BCUT2D eigenvalue weighted by molar-refractivity contribution is 0.303. The summed E-state index contributed by atoms with van der Waals surface area (Å²) in [6.45, 7) is 4.57. The third-order valence-corrected chi connectivity index (χ3v) is 3.89. The molecule has 0 aliphatic carbocycles. The second kappa shape index (κ2) is 6.71. The normalized spacial score (nSPS) is 10.7. The molecule has 0 unspecified atom stereocenters. The minimum atomic E-state index is 0.308.